The van der Waals surface area contributed by atoms with Crippen LogP contribution in [0.4, 0.5) is 5.69 Å². The van der Waals surface area contributed by atoms with Crippen LogP contribution in [0.2, 0.25) is 0 Å². The van der Waals surface area contributed by atoms with E-state index in [1.807, 2.05) is 0 Å². The minimum absolute atomic E-state index is 0.0946. The van der Waals surface area contributed by atoms with E-state index in [-0.39, 0.29) is 35.4 Å². The van der Waals surface area contributed by atoms with Gasteiger partial charge in [0.05, 0.1) is 11.1 Å². The third-order valence-electron chi connectivity index (χ3n) is 8.07. The van der Waals surface area contributed by atoms with Crippen molar-refractivity contribution in [1.82, 2.24) is 20.0 Å². The molecule has 4 amide bonds. The van der Waals surface area contributed by atoms with Crippen LogP contribution in [0, 0.1) is 6.92 Å². The average Bonchev–Trinajstić information content (AvgIpc) is 3.14. The molecule has 5 rings (SSSR count). The molecule has 3 heterocycles. The van der Waals surface area contributed by atoms with Gasteiger partial charge in [-0.3, -0.25) is 39.2 Å². The standard InChI is InChI=1S/C30H37N5O4/c1-19-16-20(18-33-12-14-34(15-13-33)30(2,3)4)8-9-21(19)17-31-23-7-5-6-22-26(23)29(39)35(28(22)38)24-10-11-25(36)32-27(24)37/h5-9,16,24,31H,10-15,17-18H2,1-4H3,(H,32,36,37). The molecule has 3 aliphatic rings. The second-order valence-electron chi connectivity index (χ2n) is 11.7. The number of fused-ring (bicyclic) bond motifs is 1. The van der Waals surface area contributed by atoms with Crippen molar-refractivity contribution in [2.45, 2.75) is 65.2 Å². The second-order valence-corrected chi connectivity index (χ2v) is 11.7. The van der Waals surface area contributed by atoms with Crippen molar-refractivity contribution in [3.63, 3.8) is 0 Å². The van der Waals surface area contributed by atoms with E-state index in [1.54, 1.807) is 18.2 Å². The number of hydrogen-bond donors (Lipinski definition) is 2. The van der Waals surface area contributed by atoms with E-state index in [2.05, 4.69) is 66.3 Å². The summed E-state index contributed by atoms with van der Waals surface area (Å²) in [5.41, 5.74) is 4.85. The molecule has 1 atom stereocenters. The molecule has 1 unspecified atom stereocenters. The molecule has 0 radical (unpaired) electrons. The summed E-state index contributed by atoms with van der Waals surface area (Å²) >= 11 is 0. The predicted molar refractivity (Wildman–Crippen MR) is 148 cm³/mol. The van der Waals surface area contributed by atoms with Crippen LogP contribution in [0.25, 0.3) is 0 Å². The van der Waals surface area contributed by atoms with E-state index in [0.717, 1.165) is 48.8 Å². The Kier molecular flexibility index (Phi) is 7.31. The maximum Gasteiger partial charge on any atom is 0.264 e. The lowest BCUT2D eigenvalue weighted by Crippen LogP contribution is -2.54. The number of carbonyl (C=O) groups excluding carboxylic acids is 4. The number of piperidine rings is 1. The number of amides is 4. The largest absolute Gasteiger partial charge is 0.380 e. The SMILES string of the molecule is Cc1cc(CN2CCN(C(C)(C)C)CC2)ccc1CNc1cccc2c1C(=O)N(C1CCC(=O)NC1=O)C2=O. The van der Waals surface area contributed by atoms with E-state index in [0.29, 0.717) is 12.2 Å². The van der Waals surface area contributed by atoms with Crippen LogP contribution in [0.15, 0.2) is 36.4 Å². The molecule has 0 aromatic heterocycles. The number of anilines is 1. The zero-order valence-electron chi connectivity index (χ0n) is 23.2. The van der Waals surface area contributed by atoms with Gasteiger partial charge in [-0.05, 0) is 62.9 Å². The first-order valence-corrected chi connectivity index (χ1v) is 13.7. The fourth-order valence-electron chi connectivity index (χ4n) is 5.74. The first-order chi connectivity index (χ1) is 18.5. The van der Waals surface area contributed by atoms with Crippen molar-refractivity contribution in [3.8, 4) is 0 Å². The van der Waals surface area contributed by atoms with Crippen molar-refractivity contribution in [1.29, 1.82) is 0 Å². The zero-order valence-corrected chi connectivity index (χ0v) is 23.2. The quantitative estimate of drug-likeness (QED) is 0.553. The Bertz CT molecular complexity index is 1320. The molecule has 2 aromatic carbocycles. The van der Waals surface area contributed by atoms with Gasteiger partial charge in [-0.15, -0.1) is 0 Å². The van der Waals surface area contributed by atoms with Gasteiger partial charge >= 0.3 is 0 Å². The Morgan fingerprint density at radius 3 is 2.38 bits per heavy atom. The highest BCUT2D eigenvalue weighted by Gasteiger charge is 2.45. The molecule has 9 nitrogen and oxygen atoms in total. The summed E-state index contributed by atoms with van der Waals surface area (Å²) in [5, 5.41) is 5.58. The van der Waals surface area contributed by atoms with E-state index < -0.39 is 23.8 Å². The lowest BCUT2D eigenvalue weighted by molar-refractivity contribution is -0.136. The summed E-state index contributed by atoms with van der Waals surface area (Å²) in [4.78, 5) is 56.4. The van der Waals surface area contributed by atoms with E-state index in [4.69, 9.17) is 0 Å². The third kappa shape index (κ3) is 5.46. The maximum atomic E-state index is 13.3. The van der Waals surface area contributed by atoms with Crippen LogP contribution >= 0.6 is 0 Å². The molecular weight excluding hydrogens is 494 g/mol. The van der Waals surface area contributed by atoms with Crippen LogP contribution in [0.5, 0.6) is 0 Å². The fourth-order valence-corrected chi connectivity index (χ4v) is 5.74. The molecule has 0 bridgehead atoms. The Balaban J connectivity index is 1.24. The fraction of sp³-hybridized carbons (Fsp3) is 0.467. The molecule has 2 fully saturated rings. The van der Waals surface area contributed by atoms with Gasteiger partial charge in [0.15, 0.2) is 0 Å². The van der Waals surface area contributed by atoms with Gasteiger partial charge < -0.3 is 5.32 Å². The van der Waals surface area contributed by atoms with Crippen molar-refractivity contribution in [2.24, 2.45) is 0 Å². The number of nitrogens with zero attached hydrogens (tertiary/aromatic N) is 3. The average molecular weight is 532 g/mol. The van der Waals surface area contributed by atoms with Crippen molar-refractivity contribution in [2.75, 3.05) is 31.5 Å². The minimum atomic E-state index is -0.978. The molecule has 2 saturated heterocycles. The molecular formula is C30H37N5O4. The van der Waals surface area contributed by atoms with E-state index in [1.165, 1.54) is 5.56 Å². The Morgan fingerprint density at radius 1 is 0.974 bits per heavy atom. The normalized spacial score (nSPS) is 20.8. The summed E-state index contributed by atoms with van der Waals surface area (Å²) in [7, 11) is 0. The third-order valence-corrected chi connectivity index (χ3v) is 8.07. The molecule has 39 heavy (non-hydrogen) atoms. The summed E-state index contributed by atoms with van der Waals surface area (Å²) in [6, 6.07) is 10.6. The van der Waals surface area contributed by atoms with Crippen molar-refractivity contribution in [3.05, 3.63) is 64.2 Å². The number of piperazine rings is 1. The lowest BCUT2D eigenvalue weighted by Gasteiger charge is -2.42. The topological polar surface area (TPSA) is 102 Å². The van der Waals surface area contributed by atoms with Crippen LogP contribution < -0.4 is 10.6 Å². The molecule has 0 aliphatic carbocycles. The number of carbonyl (C=O) groups is 4. The molecule has 9 heteroatoms. The number of imide groups is 2. The number of rotatable bonds is 6. The van der Waals surface area contributed by atoms with Crippen molar-refractivity contribution < 1.29 is 19.2 Å². The van der Waals surface area contributed by atoms with E-state index in [9.17, 15) is 19.2 Å². The molecule has 3 aliphatic heterocycles. The molecule has 206 valence electrons. The summed E-state index contributed by atoms with van der Waals surface area (Å²) in [6.45, 7) is 14.6. The van der Waals surface area contributed by atoms with Gasteiger partial charge in [0.1, 0.15) is 6.04 Å². The van der Waals surface area contributed by atoms with Crippen LogP contribution in [-0.4, -0.2) is 76.1 Å². The highest BCUT2D eigenvalue weighted by molar-refractivity contribution is 6.25. The number of nitrogens with one attached hydrogen (secondary N) is 2. The van der Waals surface area contributed by atoms with Gasteiger partial charge in [0.25, 0.3) is 11.8 Å². The summed E-state index contributed by atoms with van der Waals surface area (Å²) in [6.07, 6.45) is 0.230. The van der Waals surface area contributed by atoms with Crippen LogP contribution in [0.3, 0.4) is 0 Å². The van der Waals surface area contributed by atoms with Gasteiger partial charge in [-0.25, -0.2) is 0 Å². The highest BCUT2D eigenvalue weighted by Crippen LogP contribution is 2.32. The zero-order chi connectivity index (χ0) is 27.9. The lowest BCUT2D eigenvalue weighted by atomic mass is 10.0. The monoisotopic (exact) mass is 531 g/mol. The minimum Gasteiger partial charge on any atom is -0.380 e. The molecule has 0 spiro atoms. The number of benzene rings is 2. The Morgan fingerprint density at radius 2 is 1.72 bits per heavy atom. The van der Waals surface area contributed by atoms with Gasteiger partial charge in [0.2, 0.25) is 11.8 Å². The molecule has 0 saturated carbocycles. The Labute approximate surface area is 229 Å². The number of hydrogen-bond acceptors (Lipinski definition) is 7. The highest BCUT2D eigenvalue weighted by atomic mass is 16.2. The first kappa shape index (κ1) is 27.0. The predicted octanol–water partition coefficient (Wildman–Crippen LogP) is 2.92. The van der Waals surface area contributed by atoms with Gasteiger partial charge in [-0.1, -0.05) is 24.3 Å². The Hall–Kier alpha value is -3.56. The van der Waals surface area contributed by atoms with E-state index >= 15 is 0 Å². The van der Waals surface area contributed by atoms with Gasteiger partial charge in [0, 0.05) is 56.9 Å². The van der Waals surface area contributed by atoms with Crippen LogP contribution in [0.1, 0.15) is 71.0 Å². The van der Waals surface area contributed by atoms with Gasteiger partial charge in [-0.2, -0.15) is 0 Å². The smallest absolute Gasteiger partial charge is 0.264 e. The summed E-state index contributed by atoms with van der Waals surface area (Å²) < 4.78 is 0. The maximum absolute atomic E-state index is 13.3. The number of aryl methyl sites for hydroxylation is 1. The second kappa shape index (κ2) is 10.5. The first-order valence-electron chi connectivity index (χ1n) is 13.7. The molecule has 2 N–H and O–H groups in total. The van der Waals surface area contributed by atoms with Crippen molar-refractivity contribution >= 4 is 29.3 Å². The summed E-state index contributed by atoms with van der Waals surface area (Å²) in [5.74, 6) is -2.01. The van der Waals surface area contributed by atoms with Crippen LogP contribution in [-0.2, 0) is 22.7 Å². The molecule has 2 aromatic rings.